The van der Waals surface area contributed by atoms with Crippen LogP contribution in [0.15, 0.2) is 29.4 Å². The summed E-state index contributed by atoms with van der Waals surface area (Å²) in [6.07, 6.45) is 1.86. The molecule has 4 heteroatoms. The zero-order chi connectivity index (χ0) is 13.8. The molecule has 0 aromatic heterocycles. The lowest BCUT2D eigenvalue weighted by Gasteiger charge is -2.42. The van der Waals surface area contributed by atoms with Crippen LogP contribution >= 0.6 is 0 Å². The smallest absolute Gasteiger partial charge is 0.115 e. The van der Waals surface area contributed by atoms with Gasteiger partial charge in [-0.15, -0.1) is 0 Å². The van der Waals surface area contributed by atoms with Crippen LogP contribution in [-0.2, 0) is 6.54 Å². The maximum Gasteiger partial charge on any atom is 0.115 e. The third kappa shape index (κ3) is 3.47. The van der Waals surface area contributed by atoms with Crippen molar-refractivity contribution in [2.24, 2.45) is 5.10 Å². The molecule has 0 radical (unpaired) electrons. The highest BCUT2D eigenvalue weighted by molar-refractivity contribution is 5.52. The second kappa shape index (κ2) is 6.06. The topological polar surface area (TPSA) is 39.1 Å². The number of benzene rings is 1. The molecule has 0 amide bonds. The second-order valence-corrected chi connectivity index (χ2v) is 5.32. The predicted octanol–water partition coefficient (Wildman–Crippen LogP) is 2.29. The maximum absolute atomic E-state index is 9.51. The zero-order valence-corrected chi connectivity index (χ0v) is 12.0. The SMILES string of the molecule is CC=NN1C(C)CN(Cc2cccc(O)c2)CC1C. The minimum Gasteiger partial charge on any atom is -0.508 e. The fraction of sp³-hybridized carbons (Fsp3) is 0.533. The number of phenolic OH excluding ortho intramolecular Hbond substituents is 1. The quantitative estimate of drug-likeness (QED) is 0.849. The van der Waals surface area contributed by atoms with Crippen molar-refractivity contribution < 1.29 is 5.11 Å². The van der Waals surface area contributed by atoms with E-state index in [1.165, 1.54) is 0 Å². The summed E-state index contributed by atoms with van der Waals surface area (Å²) >= 11 is 0. The zero-order valence-electron chi connectivity index (χ0n) is 12.0. The Morgan fingerprint density at radius 2 is 2.00 bits per heavy atom. The number of rotatable bonds is 3. The van der Waals surface area contributed by atoms with Crippen LogP contribution in [0.5, 0.6) is 5.75 Å². The minimum absolute atomic E-state index is 0.341. The van der Waals surface area contributed by atoms with Gasteiger partial charge in [-0.05, 0) is 38.5 Å². The van der Waals surface area contributed by atoms with E-state index in [1.54, 1.807) is 6.07 Å². The number of nitrogens with zero attached hydrogens (tertiary/aromatic N) is 3. The maximum atomic E-state index is 9.51. The van der Waals surface area contributed by atoms with Gasteiger partial charge in [0.25, 0.3) is 0 Å². The van der Waals surface area contributed by atoms with Crippen LogP contribution in [0.25, 0.3) is 0 Å². The average molecular weight is 261 g/mol. The summed E-state index contributed by atoms with van der Waals surface area (Å²) in [5.41, 5.74) is 1.16. The first-order valence-corrected chi connectivity index (χ1v) is 6.87. The Hall–Kier alpha value is -1.55. The van der Waals surface area contributed by atoms with Crippen molar-refractivity contribution in [3.8, 4) is 5.75 Å². The number of piperazine rings is 1. The van der Waals surface area contributed by atoms with E-state index in [9.17, 15) is 5.11 Å². The largest absolute Gasteiger partial charge is 0.508 e. The molecule has 0 saturated carbocycles. The van der Waals surface area contributed by atoms with Crippen molar-refractivity contribution in [2.45, 2.75) is 39.4 Å². The van der Waals surface area contributed by atoms with Gasteiger partial charge in [0.05, 0.1) is 12.1 Å². The van der Waals surface area contributed by atoms with Gasteiger partial charge in [-0.2, -0.15) is 5.10 Å². The Morgan fingerprint density at radius 1 is 1.32 bits per heavy atom. The van der Waals surface area contributed by atoms with E-state index in [1.807, 2.05) is 25.3 Å². The monoisotopic (exact) mass is 261 g/mol. The molecule has 0 aliphatic carbocycles. The molecule has 1 aromatic carbocycles. The molecule has 2 atom stereocenters. The lowest BCUT2D eigenvalue weighted by Crippen LogP contribution is -2.54. The van der Waals surface area contributed by atoms with E-state index in [2.05, 4.69) is 34.9 Å². The van der Waals surface area contributed by atoms with Crippen LogP contribution in [0.4, 0.5) is 0 Å². The van der Waals surface area contributed by atoms with Crippen LogP contribution in [0, 0.1) is 0 Å². The van der Waals surface area contributed by atoms with Gasteiger partial charge in [0.15, 0.2) is 0 Å². The predicted molar refractivity (Wildman–Crippen MR) is 78.3 cm³/mol. The Balaban J connectivity index is 2.00. The van der Waals surface area contributed by atoms with Gasteiger partial charge < -0.3 is 5.11 Å². The molecule has 104 valence electrons. The fourth-order valence-corrected chi connectivity index (χ4v) is 2.83. The van der Waals surface area contributed by atoms with Crippen LogP contribution in [0.1, 0.15) is 26.3 Å². The molecular formula is C15H23N3O. The first kappa shape index (κ1) is 13.9. The van der Waals surface area contributed by atoms with Crippen LogP contribution < -0.4 is 0 Å². The lowest BCUT2D eigenvalue weighted by atomic mass is 10.1. The number of hydrazone groups is 1. The van der Waals surface area contributed by atoms with Gasteiger partial charge in [-0.1, -0.05) is 12.1 Å². The lowest BCUT2D eigenvalue weighted by molar-refractivity contribution is 0.0377. The molecule has 2 rings (SSSR count). The highest BCUT2D eigenvalue weighted by atomic mass is 16.3. The van der Waals surface area contributed by atoms with Gasteiger partial charge in [0.2, 0.25) is 0 Å². The third-order valence-corrected chi connectivity index (χ3v) is 3.51. The average Bonchev–Trinajstić information content (AvgIpc) is 2.34. The summed E-state index contributed by atoms with van der Waals surface area (Å²) in [4.78, 5) is 2.42. The molecule has 1 aliphatic heterocycles. The van der Waals surface area contributed by atoms with E-state index < -0.39 is 0 Å². The Bertz CT molecular complexity index is 435. The number of phenols is 1. The molecule has 2 unspecified atom stereocenters. The standard InChI is InChI=1S/C15H23N3O/c1-4-16-18-12(2)9-17(10-13(18)3)11-14-6-5-7-15(19)8-14/h4-8,12-13,19H,9-11H2,1-3H3. The summed E-state index contributed by atoms with van der Waals surface area (Å²) in [6, 6.07) is 8.34. The molecule has 1 aromatic rings. The van der Waals surface area contributed by atoms with E-state index in [-0.39, 0.29) is 0 Å². The number of hydrogen-bond acceptors (Lipinski definition) is 4. The summed E-state index contributed by atoms with van der Waals surface area (Å²) in [5.74, 6) is 0.341. The van der Waals surface area contributed by atoms with Crippen molar-refractivity contribution in [2.75, 3.05) is 13.1 Å². The highest BCUT2D eigenvalue weighted by Crippen LogP contribution is 2.19. The molecule has 1 fully saturated rings. The van der Waals surface area contributed by atoms with Gasteiger partial charge in [0.1, 0.15) is 5.75 Å². The Morgan fingerprint density at radius 3 is 2.58 bits per heavy atom. The summed E-state index contributed by atoms with van der Waals surface area (Å²) in [6.45, 7) is 9.25. The number of hydrogen-bond donors (Lipinski definition) is 1. The molecule has 1 N–H and O–H groups in total. The second-order valence-electron chi connectivity index (χ2n) is 5.32. The van der Waals surface area contributed by atoms with Gasteiger partial charge in [-0.3, -0.25) is 9.91 Å². The minimum atomic E-state index is 0.341. The van der Waals surface area contributed by atoms with Gasteiger partial charge in [-0.25, -0.2) is 0 Å². The first-order valence-electron chi connectivity index (χ1n) is 6.87. The molecule has 0 bridgehead atoms. The highest BCUT2D eigenvalue weighted by Gasteiger charge is 2.28. The number of aromatic hydroxyl groups is 1. The molecule has 1 aliphatic rings. The van der Waals surface area contributed by atoms with Crippen LogP contribution in [0.3, 0.4) is 0 Å². The van der Waals surface area contributed by atoms with Crippen molar-refractivity contribution in [1.29, 1.82) is 0 Å². The van der Waals surface area contributed by atoms with Crippen molar-refractivity contribution in [1.82, 2.24) is 9.91 Å². The third-order valence-electron chi connectivity index (χ3n) is 3.51. The summed E-state index contributed by atoms with van der Waals surface area (Å²) < 4.78 is 0. The molecule has 19 heavy (non-hydrogen) atoms. The van der Waals surface area contributed by atoms with Gasteiger partial charge >= 0.3 is 0 Å². The summed E-state index contributed by atoms with van der Waals surface area (Å²) in [5, 5.41) is 16.1. The van der Waals surface area contributed by atoms with E-state index in [0.29, 0.717) is 17.8 Å². The molecule has 4 nitrogen and oxygen atoms in total. The first-order chi connectivity index (χ1) is 9.10. The van der Waals surface area contributed by atoms with Crippen LogP contribution in [-0.4, -0.2) is 46.4 Å². The molecule has 0 spiro atoms. The molecular weight excluding hydrogens is 238 g/mol. The Kier molecular flexibility index (Phi) is 4.43. The summed E-state index contributed by atoms with van der Waals surface area (Å²) in [7, 11) is 0. The molecule has 1 saturated heterocycles. The Labute approximate surface area is 115 Å². The van der Waals surface area contributed by atoms with E-state index >= 15 is 0 Å². The fourth-order valence-electron chi connectivity index (χ4n) is 2.83. The van der Waals surface area contributed by atoms with E-state index in [0.717, 1.165) is 25.2 Å². The van der Waals surface area contributed by atoms with Crippen molar-refractivity contribution in [3.05, 3.63) is 29.8 Å². The normalized spacial score (nSPS) is 25.1. The van der Waals surface area contributed by atoms with Crippen molar-refractivity contribution >= 4 is 6.21 Å². The van der Waals surface area contributed by atoms with Crippen molar-refractivity contribution in [3.63, 3.8) is 0 Å². The van der Waals surface area contributed by atoms with Crippen LogP contribution in [0.2, 0.25) is 0 Å². The van der Waals surface area contributed by atoms with E-state index in [4.69, 9.17) is 0 Å². The molecule has 1 heterocycles. The van der Waals surface area contributed by atoms with Gasteiger partial charge in [0, 0.05) is 25.8 Å².